The van der Waals surface area contributed by atoms with Gasteiger partial charge in [-0.25, -0.2) is 0 Å². The SMILES string of the molecule is COc1cncc(CCC(=O)N[C@@H]2C[C@@H](O)C23CCOCC3)c1. The van der Waals surface area contributed by atoms with E-state index < -0.39 is 0 Å². The Labute approximate surface area is 136 Å². The molecule has 1 aromatic rings. The fourth-order valence-corrected chi connectivity index (χ4v) is 3.64. The molecule has 2 fully saturated rings. The highest BCUT2D eigenvalue weighted by molar-refractivity contribution is 5.76. The summed E-state index contributed by atoms with van der Waals surface area (Å²) < 4.78 is 10.5. The minimum Gasteiger partial charge on any atom is -0.495 e. The molecule has 2 atom stereocenters. The first-order valence-corrected chi connectivity index (χ1v) is 8.17. The smallest absolute Gasteiger partial charge is 0.220 e. The highest BCUT2D eigenvalue weighted by Gasteiger charge is 2.55. The van der Waals surface area contributed by atoms with E-state index in [0.717, 1.165) is 18.4 Å². The number of carbonyl (C=O) groups is 1. The maximum Gasteiger partial charge on any atom is 0.220 e. The number of nitrogens with one attached hydrogen (secondary N) is 1. The van der Waals surface area contributed by atoms with E-state index >= 15 is 0 Å². The minimum atomic E-state index is -0.320. The number of aryl methyl sites for hydroxylation is 1. The summed E-state index contributed by atoms with van der Waals surface area (Å²) in [5.41, 5.74) is 0.805. The molecular formula is C17H24N2O4. The molecule has 0 unspecified atom stereocenters. The number of amides is 1. The summed E-state index contributed by atoms with van der Waals surface area (Å²) >= 11 is 0. The normalized spacial score (nSPS) is 25.7. The fourth-order valence-electron chi connectivity index (χ4n) is 3.64. The molecule has 6 heteroatoms. The van der Waals surface area contributed by atoms with E-state index in [2.05, 4.69) is 10.3 Å². The van der Waals surface area contributed by atoms with Crippen molar-refractivity contribution in [1.29, 1.82) is 0 Å². The van der Waals surface area contributed by atoms with Gasteiger partial charge in [0.1, 0.15) is 5.75 Å². The Morgan fingerprint density at radius 2 is 2.26 bits per heavy atom. The van der Waals surface area contributed by atoms with Gasteiger partial charge in [-0.2, -0.15) is 0 Å². The molecule has 0 bridgehead atoms. The number of methoxy groups -OCH3 is 1. The molecule has 0 aromatic carbocycles. The number of nitrogens with zero attached hydrogens (tertiary/aromatic N) is 1. The quantitative estimate of drug-likeness (QED) is 0.848. The Hall–Kier alpha value is -1.66. The molecule has 2 aliphatic rings. The summed E-state index contributed by atoms with van der Waals surface area (Å²) in [6.07, 6.45) is 6.40. The lowest BCUT2D eigenvalue weighted by Gasteiger charge is -2.55. The van der Waals surface area contributed by atoms with Gasteiger partial charge in [-0.05, 0) is 37.3 Å². The van der Waals surface area contributed by atoms with Gasteiger partial charge in [0.2, 0.25) is 5.91 Å². The zero-order valence-electron chi connectivity index (χ0n) is 13.5. The average molecular weight is 320 g/mol. The number of aromatic nitrogens is 1. The van der Waals surface area contributed by atoms with Crippen LogP contribution in [-0.4, -0.2) is 48.5 Å². The first kappa shape index (κ1) is 16.2. The Kier molecular flexibility index (Phi) is 4.82. The molecule has 1 aliphatic carbocycles. The number of ether oxygens (including phenoxy) is 2. The van der Waals surface area contributed by atoms with Crippen LogP contribution in [-0.2, 0) is 16.0 Å². The Morgan fingerprint density at radius 3 is 2.96 bits per heavy atom. The minimum absolute atomic E-state index is 0.0237. The highest BCUT2D eigenvalue weighted by Crippen LogP contribution is 2.48. The van der Waals surface area contributed by atoms with E-state index in [-0.39, 0.29) is 23.5 Å². The van der Waals surface area contributed by atoms with Crippen molar-refractivity contribution >= 4 is 5.91 Å². The largest absolute Gasteiger partial charge is 0.495 e. The molecule has 1 spiro atoms. The third-order valence-electron chi connectivity index (χ3n) is 5.22. The maximum absolute atomic E-state index is 12.2. The van der Waals surface area contributed by atoms with Crippen LogP contribution >= 0.6 is 0 Å². The predicted octanol–water partition coefficient (Wildman–Crippen LogP) is 1.07. The van der Waals surface area contributed by atoms with Gasteiger partial charge < -0.3 is 19.9 Å². The van der Waals surface area contributed by atoms with Crippen LogP contribution in [0.3, 0.4) is 0 Å². The van der Waals surface area contributed by atoms with Crippen LogP contribution in [0, 0.1) is 5.41 Å². The number of aliphatic hydroxyl groups excluding tert-OH is 1. The van der Waals surface area contributed by atoms with E-state index in [1.165, 1.54) is 0 Å². The van der Waals surface area contributed by atoms with Gasteiger partial charge in [0, 0.05) is 37.3 Å². The van der Waals surface area contributed by atoms with Crippen molar-refractivity contribution in [2.24, 2.45) is 5.41 Å². The first-order valence-electron chi connectivity index (χ1n) is 8.17. The van der Waals surface area contributed by atoms with Crippen molar-refractivity contribution in [2.45, 2.75) is 44.2 Å². The number of hydrogen-bond acceptors (Lipinski definition) is 5. The molecular weight excluding hydrogens is 296 g/mol. The molecule has 1 amide bonds. The van der Waals surface area contributed by atoms with Gasteiger partial charge in [0.25, 0.3) is 0 Å². The first-order chi connectivity index (χ1) is 11.1. The van der Waals surface area contributed by atoms with Crippen molar-refractivity contribution in [2.75, 3.05) is 20.3 Å². The topological polar surface area (TPSA) is 80.7 Å². The van der Waals surface area contributed by atoms with Crippen LogP contribution in [0.4, 0.5) is 0 Å². The van der Waals surface area contributed by atoms with Crippen LogP contribution in [0.15, 0.2) is 18.5 Å². The summed E-state index contributed by atoms with van der Waals surface area (Å²) in [5.74, 6) is 0.724. The van der Waals surface area contributed by atoms with E-state index in [1.807, 2.05) is 6.07 Å². The third-order valence-corrected chi connectivity index (χ3v) is 5.22. The van der Waals surface area contributed by atoms with Crippen LogP contribution in [0.2, 0.25) is 0 Å². The van der Waals surface area contributed by atoms with Crippen molar-refractivity contribution in [1.82, 2.24) is 10.3 Å². The average Bonchev–Trinajstić information content (AvgIpc) is 2.60. The highest BCUT2D eigenvalue weighted by atomic mass is 16.5. The molecule has 2 heterocycles. The van der Waals surface area contributed by atoms with Crippen LogP contribution in [0.1, 0.15) is 31.2 Å². The summed E-state index contributed by atoms with van der Waals surface area (Å²) in [6.45, 7) is 1.33. The molecule has 0 radical (unpaired) electrons. The molecule has 3 rings (SSSR count). The predicted molar refractivity (Wildman–Crippen MR) is 84.2 cm³/mol. The molecule has 1 saturated carbocycles. The zero-order chi connectivity index (χ0) is 16.3. The van der Waals surface area contributed by atoms with Gasteiger partial charge in [-0.15, -0.1) is 0 Å². The number of hydrogen-bond donors (Lipinski definition) is 2. The van der Waals surface area contributed by atoms with Gasteiger partial charge in [0.05, 0.1) is 19.4 Å². The molecule has 1 saturated heterocycles. The Bertz CT molecular complexity index is 557. The van der Waals surface area contributed by atoms with E-state index in [1.54, 1.807) is 19.5 Å². The third kappa shape index (κ3) is 3.33. The second-order valence-electron chi connectivity index (χ2n) is 6.45. The van der Waals surface area contributed by atoms with Crippen molar-refractivity contribution in [3.8, 4) is 5.75 Å². The van der Waals surface area contributed by atoms with Crippen LogP contribution in [0.5, 0.6) is 5.75 Å². The molecule has 6 nitrogen and oxygen atoms in total. The number of aliphatic hydroxyl groups is 1. The lowest BCUT2D eigenvalue weighted by atomic mass is 9.58. The number of carbonyl (C=O) groups excluding carboxylic acids is 1. The molecule has 23 heavy (non-hydrogen) atoms. The number of pyridine rings is 1. The van der Waals surface area contributed by atoms with Gasteiger partial charge in [-0.3, -0.25) is 9.78 Å². The summed E-state index contributed by atoms with van der Waals surface area (Å²) in [6, 6.07) is 1.96. The van der Waals surface area contributed by atoms with Crippen molar-refractivity contribution < 1.29 is 19.4 Å². The molecule has 1 aromatic heterocycles. The molecule has 2 N–H and O–H groups in total. The maximum atomic E-state index is 12.2. The van der Waals surface area contributed by atoms with Crippen LogP contribution < -0.4 is 10.1 Å². The van der Waals surface area contributed by atoms with Crippen LogP contribution in [0.25, 0.3) is 0 Å². The lowest BCUT2D eigenvalue weighted by molar-refractivity contribution is -0.156. The van der Waals surface area contributed by atoms with E-state index in [4.69, 9.17) is 9.47 Å². The summed E-state index contributed by atoms with van der Waals surface area (Å²) in [5, 5.41) is 13.2. The summed E-state index contributed by atoms with van der Waals surface area (Å²) in [7, 11) is 1.60. The van der Waals surface area contributed by atoms with Gasteiger partial charge in [-0.1, -0.05) is 0 Å². The van der Waals surface area contributed by atoms with E-state index in [0.29, 0.717) is 38.2 Å². The zero-order valence-corrected chi connectivity index (χ0v) is 13.5. The Morgan fingerprint density at radius 1 is 1.48 bits per heavy atom. The summed E-state index contributed by atoms with van der Waals surface area (Å²) in [4.78, 5) is 16.3. The van der Waals surface area contributed by atoms with Crippen molar-refractivity contribution in [3.05, 3.63) is 24.0 Å². The van der Waals surface area contributed by atoms with Gasteiger partial charge >= 0.3 is 0 Å². The molecule has 126 valence electrons. The van der Waals surface area contributed by atoms with Crippen molar-refractivity contribution in [3.63, 3.8) is 0 Å². The van der Waals surface area contributed by atoms with E-state index in [9.17, 15) is 9.90 Å². The fraction of sp³-hybridized carbons (Fsp3) is 0.647. The van der Waals surface area contributed by atoms with Gasteiger partial charge in [0.15, 0.2) is 0 Å². The monoisotopic (exact) mass is 320 g/mol. The lowest BCUT2D eigenvalue weighted by Crippen LogP contribution is -2.65. The number of rotatable bonds is 5. The second-order valence-corrected chi connectivity index (χ2v) is 6.45. The standard InChI is InChI=1S/C17H24N2O4/c1-22-13-8-12(10-18-11-13)2-3-16(21)19-14-9-15(20)17(14)4-6-23-7-5-17/h8,10-11,14-15,20H,2-7,9H2,1H3,(H,19,21)/t14-,15-/m1/s1. The molecule has 1 aliphatic heterocycles. The second kappa shape index (κ2) is 6.84. The Balaban J connectivity index is 1.51.